The number of carbonyl (C=O) groups is 2. The molecule has 0 unspecified atom stereocenters. The summed E-state index contributed by atoms with van der Waals surface area (Å²) >= 11 is 3.01. The van der Waals surface area contributed by atoms with Gasteiger partial charge in [-0.05, 0) is 56.0 Å². The van der Waals surface area contributed by atoms with E-state index in [9.17, 15) is 14.4 Å². The molecule has 0 saturated heterocycles. The van der Waals surface area contributed by atoms with Crippen molar-refractivity contribution in [3.63, 3.8) is 0 Å². The van der Waals surface area contributed by atoms with E-state index < -0.39 is 0 Å². The molecule has 156 valence electrons. The number of aryl methyl sites for hydroxylation is 2. The SMILES string of the molecule is CCNC(=O)c1ccc(NC(=O)CSCc2nc3sc4c(c3c(=O)[nH]2)CCC4)cc1. The van der Waals surface area contributed by atoms with Gasteiger partial charge in [0.15, 0.2) is 0 Å². The first-order valence-corrected chi connectivity index (χ1v) is 11.8. The molecule has 0 saturated carbocycles. The van der Waals surface area contributed by atoms with Crippen LogP contribution >= 0.6 is 23.1 Å². The Hall–Kier alpha value is -2.65. The van der Waals surface area contributed by atoms with E-state index in [0.717, 1.165) is 29.5 Å². The van der Waals surface area contributed by atoms with Crippen LogP contribution in [0.4, 0.5) is 5.69 Å². The molecule has 3 N–H and O–H groups in total. The fourth-order valence-corrected chi connectivity index (χ4v) is 5.49. The number of hydrogen-bond donors (Lipinski definition) is 3. The molecule has 1 aromatic carbocycles. The summed E-state index contributed by atoms with van der Waals surface area (Å²) in [6.45, 7) is 2.43. The van der Waals surface area contributed by atoms with Crippen LogP contribution in [0.5, 0.6) is 0 Å². The number of nitrogens with one attached hydrogen (secondary N) is 3. The van der Waals surface area contributed by atoms with Gasteiger partial charge in [0, 0.05) is 22.7 Å². The molecule has 2 heterocycles. The largest absolute Gasteiger partial charge is 0.352 e. The number of nitrogens with zero attached hydrogens (tertiary/aromatic N) is 1. The van der Waals surface area contributed by atoms with Crippen molar-refractivity contribution in [3.05, 3.63) is 56.4 Å². The number of hydrogen-bond acceptors (Lipinski definition) is 6. The molecular weight excluding hydrogens is 420 g/mol. The molecule has 2 amide bonds. The van der Waals surface area contributed by atoms with Gasteiger partial charge in [0.2, 0.25) is 5.91 Å². The smallest absolute Gasteiger partial charge is 0.259 e. The summed E-state index contributed by atoms with van der Waals surface area (Å²) in [5.41, 5.74) is 2.27. The van der Waals surface area contributed by atoms with E-state index in [1.54, 1.807) is 35.6 Å². The third-order valence-corrected chi connectivity index (χ3v) is 6.99. The van der Waals surface area contributed by atoms with E-state index in [4.69, 9.17) is 0 Å². The van der Waals surface area contributed by atoms with E-state index in [2.05, 4.69) is 20.6 Å². The van der Waals surface area contributed by atoms with Crippen LogP contribution in [0.1, 0.15) is 40.0 Å². The fraction of sp³-hybridized carbons (Fsp3) is 0.333. The Bertz CT molecular complexity index is 1150. The van der Waals surface area contributed by atoms with Crippen LogP contribution in [0.2, 0.25) is 0 Å². The monoisotopic (exact) mass is 442 g/mol. The third-order valence-electron chi connectivity index (χ3n) is 4.86. The lowest BCUT2D eigenvalue weighted by Crippen LogP contribution is -2.22. The maximum absolute atomic E-state index is 12.5. The number of anilines is 1. The van der Waals surface area contributed by atoms with Crippen molar-refractivity contribution in [2.24, 2.45) is 0 Å². The van der Waals surface area contributed by atoms with Gasteiger partial charge >= 0.3 is 0 Å². The quantitative estimate of drug-likeness (QED) is 0.522. The summed E-state index contributed by atoms with van der Waals surface area (Å²) in [5.74, 6) is 0.999. The van der Waals surface area contributed by atoms with Gasteiger partial charge in [-0.15, -0.1) is 23.1 Å². The van der Waals surface area contributed by atoms with Crippen LogP contribution in [0.3, 0.4) is 0 Å². The van der Waals surface area contributed by atoms with Gasteiger partial charge in [-0.1, -0.05) is 0 Å². The predicted octanol–water partition coefficient (Wildman–Crippen LogP) is 3.09. The van der Waals surface area contributed by atoms with Crippen LogP contribution in [-0.2, 0) is 23.4 Å². The second kappa shape index (κ2) is 9.01. The summed E-state index contributed by atoms with van der Waals surface area (Å²) in [5, 5.41) is 6.29. The Morgan fingerprint density at radius 1 is 1.23 bits per heavy atom. The van der Waals surface area contributed by atoms with E-state index in [-0.39, 0.29) is 23.1 Å². The molecule has 0 spiro atoms. The average molecular weight is 443 g/mol. The maximum Gasteiger partial charge on any atom is 0.259 e. The minimum atomic E-state index is -0.149. The average Bonchev–Trinajstić information content (AvgIpc) is 3.29. The second-order valence-electron chi connectivity index (χ2n) is 7.03. The third kappa shape index (κ3) is 4.41. The zero-order valence-corrected chi connectivity index (χ0v) is 18.2. The molecule has 0 radical (unpaired) electrons. The molecule has 3 aromatic rings. The number of amides is 2. The highest BCUT2D eigenvalue weighted by atomic mass is 32.2. The Morgan fingerprint density at radius 3 is 2.80 bits per heavy atom. The highest BCUT2D eigenvalue weighted by Crippen LogP contribution is 2.34. The molecule has 30 heavy (non-hydrogen) atoms. The number of carbonyl (C=O) groups excluding carboxylic acids is 2. The standard InChI is InChI=1S/C21H22N4O3S2/c1-2-22-19(27)12-6-8-13(9-7-12)23-17(26)11-29-10-16-24-20(28)18-14-4-3-5-15(14)30-21(18)25-16/h6-9H,2-5,10-11H2,1H3,(H,22,27)(H,23,26)(H,24,25,28). The summed E-state index contributed by atoms with van der Waals surface area (Å²) in [7, 11) is 0. The van der Waals surface area contributed by atoms with Gasteiger partial charge in [0.05, 0.1) is 16.9 Å². The minimum Gasteiger partial charge on any atom is -0.352 e. The first kappa shape index (κ1) is 20.6. The molecule has 4 rings (SSSR count). The van der Waals surface area contributed by atoms with Crippen molar-refractivity contribution in [2.45, 2.75) is 31.9 Å². The predicted molar refractivity (Wildman–Crippen MR) is 122 cm³/mol. The van der Waals surface area contributed by atoms with Gasteiger partial charge in [0.25, 0.3) is 11.5 Å². The molecule has 0 bridgehead atoms. The van der Waals surface area contributed by atoms with Crippen molar-refractivity contribution in [1.82, 2.24) is 15.3 Å². The van der Waals surface area contributed by atoms with E-state index in [0.29, 0.717) is 29.4 Å². The number of aromatic amines is 1. The normalized spacial score (nSPS) is 12.7. The molecule has 1 aliphatic carbocycles. The highest BCUT2D eigenvalue weighted by Gasteiger charge is 2.21. The number of thiophene rings is 1. The first-order chi connectivity index (χ1) is 14.5. The molecule has 1 aliphatic rings. The van der Waals surface area contributed by atoms with Gasteiger partial charge in [0.1, 0.15) is 10.7 Å². The van der Waals surface area contributed by atoms with E-state index >= 15 is 0 Å². The summed E-state index contributed by atoms with van der Waals surface area (Å²) in [4.78, 5) is 46.0. The molecule has 0 fully saturated rings. The second-order valence-corrected chi connectivity index (χ2v) is 9.10. The summed E-state index contributed by atoms with van der Waals surface area (Å²) in [6, 6.07) is 6.76. The Morgan fingerprint density at radius 2 is 2.03 bits per heavy atom. The van der Waals surface area contributed by atoms with Crippen LogP contribution < -0.4 is 16.2 Å². The van der Waals surface area contributed by atoms with Crippen molar-refractivity contribution in [1.29, 1.82) is 0 Å². The Balaban J connectivity index is 1.31. The zero-order valence-electron chi connectivity index (χ0n) is 16.5. The number of aromatic nitrogens is 2. The van der Waals surface area contributed by atoms with Gasteiger partial charge in [-0.3, -0.25) is 14.4 Å². The van der Waals surface area contributed by atoms with Gasteiger partial charge in [-0.2, -0.15) is 0 Å². The molecular formula is C21H22N4O3S2. The van der Waals surface area contributed by atoms with Crippen LogP contribution in [0.15, 0.2) is 29.1 Å². The van der Waals surface area contributed by atoms with Crippen molar-refractivity contribution in [2.75, 3.05) is 17.6 Å². The number of fused-ring (bicyclic) bond motifs is 3. The first-order valence-electron chi connectivity index (χ1n) is 9.84. The lowest BCUT2D eigenvalue weighted by Gasteiger charge is -2.07. The van der Waals surface area contributed by atoms with Crippen molar-refractivity contribution >= 4 is 50.8 Å². The minimum absolute atomic E-state index is 0.0772. The summed E-state index contributed by atoms with van der Waals surface area (Å²) in [6.07, 6.45) is 3.10. The van der Waals surface area contributed by atoms with Gasteiger partial charge < -0.3 is 15.6 Å². The van der Waals surface area contributed by atoms with Crippen molar-refractivity contribution in [3.8, 4) is 0 Å². The zero-order chi connectivity index (χ0) is 21.1. The van der Waals surface area contributed by atoms with Crippen LogP contribution in [0, 0.1) is 0 Å². The molecule has 9 heteroatoms. The number of thioether (sulfide) groups is 1. The Labute approximate surface area is 181 Å². The molecule has 2 aromatic heterocycles. The topological polar surface area (TPSA) is 104 Å². The lowest BCUT2D eigenvalue weighted by atomic mass is 10.2. The molecule has 0 atom stereocenters. The number of H-pyrrole nitrogens is 1. The van der Waals surface area contributed by atoms with E-state index in [1.807, 2.05) is 6.92 Å². The van der Waals surface area contributed by atoms with E-state index in [1.165, 1.54) is 22.2 Å². The number of benzene rings is 1. The maximum atomic E-state index is 12.5. The molecule has 7 nitrogen and oxygen atoms in total. The lowest BCUT2D eigenvalue weighted by molar-refractivity contribution is -0.113. The van der Waals surface area contributed by atoms with Crippen molar-refractivity contribution < 1.29 is 9.59 Å². The van der Waals surface area contributed by atoms with Crippen LogP contribution in [-0.4, -0.2) is 34.1 Å². The van der Waals surface area contributed by atoms with Crippen LogP contribution in [0.25, 0.3) is 10.2 Å². The number of rotatable bonds is 7. The van der Waals surface area contributed by atoms with Gasteiger partial charge in [-0.25, -0.2) is 4.98 Å². The highest BCUT2D eigenvalue weighted by molar-refractivity contribution is 7.99. The molecule has 0 aliphatic heterocycles. The fourth-order valence-electron chi connectivity index (χ4n) is 3.52. The summed E-state index contributed by atoms with van der Waals surface area (Å²) < 4.78 is 0. The Kier molecular flexibility index (Phi) is 6.19.